The summed E-state index contributed by atoms with van der Waals surface area (Å²) < 4.78 is 0. The SMILES string of the molecule is C/C=C/CC(NC(=O)C1CCCN(C(=O)Nc2ccccc2)C1)C(=O)O. The number of nitrogens with one attached hydrogen (secondary N) is 2. The Hall–Kier alpha value is -2.83. The normalized spacial score (nSPS) is 18.3. The molecular formula is C19H25N3O4. The zero-order chi connectivity index (χ0) is 18.9. The lowest BCUT2D eigenvalue weighted by Crippen LogP contribution is -2.50. The van der Waals surface area contributed by atoms with Crippen molar-refractivity contribution in [3.05, 3.63) is 42.5 Å². The maximum atomic E-state index is 12.4. The lowest BCUT2D eigenvalue weighted by molar-refractivity contribution is -0.142. The molecule has 1 aliphatic heterocycles. The Morgan fingerprint density at radius 3 is 2.69 bits per heavy atom. The number of amides is 3. The molecule has 1 heterocycles. The Labute approximate surface area is 153 Å². The average Bonchev–Trinajstić information content (AvgIpc) is 2.65. The number of aliphatic carboxylic acids is 1. The predicted molar refractivity (Wildman–Crippen MR) is 98.8 cm³/mol. The maximum absolute atomic E-state index is 12.4. The van der Waals surface area contributed by atoms with Gasteiger partial charge in [0.2, 0.25) is 5.91 Å². The summed E-state index contributed by atoms with van der Waals surface area (Å²) in [5.74, 6) is -1.79. The topological polar surface area (TPSA) is 98.7 Å². The van der Waals surface area contributed by atoms with Crippen molar-refractivity contribution in [2.24, 2.45) is 5.92 Å². The van der Waals surface area contributed by atoms with E-state index in [0.29, 0.717) is 25.1 Å². The number of carboxylic acids is 1. The minimum absolute atomic E-state index is 0.239. The second kappa shape index (κ2) is 9.60. The summed E-state index contributed by atoms with van der Waals surface area (Å²) in [6.45, 7) is 2.65. The summed E-state index contributed by atoms with van der Waals surface area (Å²) in [6, 6.07) is 7.92. The first kappa shape index (κ1) is 19.5. The minimum Gasteiger partial charge on any atom is -0.480 e. The van der Waals surface area contributed by atoms with Crippen LogP contribution in [-0.4, -0.2) is 47.0 Å². The zero-order valence-corrected chi connectivity index (χ0v) is 14.9. The molecule has 3 N–H and O–H groups in total. The summed E-state index contributed by atoms with van der Waals surface area (Å²) in [7, 11) is 0. The number of likely N-dealkylation sites (tertiary alicyclic amines) is 1. The number of para-hydroxylation sites is 1. The van der Waals surface area contributed by atoms with Crippen LogP contribution in [-0.2, 0) is 9.59 Å². The van der Waals surface area contributed by atoms with Gasteiger partial charge >= 0.3 is 12.0 Å². The molecule has 2 rings (SSSR count). The van der Waals surface area contributed by atoms with Crippen LogP contribution in [0, 0.1) is 5.92 Å². The molecule has 1 fully saturated rings. The van der Waals surface area contributed by atoms with Crippen molar-refractivity contribution >= 4 is 23.6 Å². The molecule has 0 radical (unpaired) electrons. The molecule has 26 heavy (non-hydrogen) atoms. The predicted octanol–water partition coefficient (Wildman–Crippen LogP) is 2.47. The highest BCUT2D eigenvalue weighted by Gasteiger charge is 2.30. The molecule has 7 heteroatoms. The molecule has 1 aromatic carbocycles. The van der Waals surface area contributed by atoms with Crippen LogP contribution in [0.25, 0.3) is 0 Å². The Balaban J connectivity index is 1.92. The van der Waals surface area contributed by atoms with E-state index in [4.69, 9.17) is 0 Å². The second-order valence-electron chi connectivity index (χ2n) is 6.29. The number of nitrogens with zero attached hydrogens (tertiary/aromatic N) is 1. The number of anilines is 1. The summed E-state index contributed by atoms with van der Waals surface area (Å²) in [5, 5.41) is 14.6. The number of rotatable bonds is 6. The Bertz CT molecular complexity index is 660. The van der Waals surface area contributed by atoms with Crippen LogP contribution in [0.3, 0.4) is 0 Å². The van der Waals surface area contributed by atoms with Gasteiger partial charge in [0.05, 0.1) is 5.92 Å². The molecule has 0 spiro atoms. The third-order valence-electron chi connectivity index (χ3n) is 4.33. The number of benzene rings is 1. The van der Waals surface area contributed by atoms with Gasteiger partial charge < -0.3 is 20.6 Å². The van der Waals surface area contributed by atoms with Crippen molar-refractivity contribution in [2.75, 3.05) is 18.4 Å². The molecule has 1 saturated heterocycles. The second-order valence-corrected chi connectivity index (χ2v) is 6.29. The lowest BCUT2D eigenvalue weighted by atomic mass is 9.96. The fraction of sp³-hybridized carbons (Fsp3) is 0.421. The molecule has 1 aromatic rings. The highest BCUT2D eigenvalue weighted by molar-refractivity contribution is 5.90. The molecule has 140 valence electrons. The molecular weight excluding hydrogens is 334 g/mol. The van der Waals surface area contributed by atoms with E-state index in [9.17, 15) is 19.5 Å². The van der Waals surface area contributed by atoms with Crippen molar-refractivity contribution in [3.8, 4) is 0 Å². The van der Waals surface area contributed by atoms with E-state index in [1.165, 1.54) is 0 Å². The van der Waals surface area contributed by atoms with E-state index in [1.807, 2.05) is 18.2 Å². The van der Waals surface area contributed by atoms with E-state index in [1.54, 1.807) is 36.1 Å². The smallest absolute Gasteiger partial charge is 0.326 e. The standard InChI is InChI=1S/C19H25N3O4/c1-2-3-11-16(18(24)25)21-17(23)14-8-7-12-22(13-14)19(26)20-15-9-5-4-6-10-15/h2-6,9-10,14,16H,7-8,11-13H2,1H3,(H,20,26)(H,21,23)(H,24,25)/b3-2+. The van der Waals surface area contributed by atoms with Crippen LogP contribution in [0.2, 0.25) is 0 Å². The van der Waals surface area contributed by atoms with E-state index in [0.717, 1.165) is 0 Å². The summed E-state index contributed by atoms with van der Waals surface area (Å²) in [4.78, 5) is 37.7. The fourth-order valence-corrected chi connectivity index (χ4v) is 2.88. The monoisotopic (exact) mass is 359 g/mol. The van der Waals surface area contributed by atoms with Crippen molar-refractivity contribution < 1.29 is 19.5 Å². The van der Waals surface area contributed by atoms with Gasteiger partial charge in [-0.15, -0.1) is 0 Å². The number of urea groups is 1. The van der Waals surface area contributed by atoms with Crippen molar-refractivity contribution in [2.45, 2.75) is 32.2 Å². The third kappa shape index (κ3) is 5.61. The number of carbonyl (C=O) groups excluding carboxylic acids is 2. The summed E-state index contributed by atoms with van der Waals surface area (Å²) in [6.07, 6.45) is 5.03. The molecule has 0 saturated carbocycles. The summed E-state index contributed by atoms with van der Waals surface area (Å²) >= 11 is 0. The van der Waals surface area contributed by atoms with E-state index < -0.39 is 17.9 Å². The van der Waals surface area contributed by atoms with Gasteiger partial charge in [-0.05, 0) is 38.3 Å². The van der Waals surface area contributed by atoms with E-state index >= 15 is 0 Å². The van der Waals surface area contributed by atoms with E-state index in [-0.39, 0.29) is 24.9 Å². The van der Waals surface area contributed by atoms with E-state index in [2.05, 4.69) is 10.6 Å². The van der Waals surface area contributed by atoms with Crippen molar-refractivity contribution in [3.63, 3.8) is 0 Å². The Morgan fingerprint density at radius 1 is 1.31 bits per heavy atom. The Kier molecular flexibility index (Phi) is 7.20. The van der Waals surface area contributed by atoms with Gasteiger partial charge in [0.1, 0.15) is 6.04 Å². The molecule has 0 bridgehead atoms. The first-order valence-corrected chi connectivity index (χ1v) is 8.76. The number of piperidine rings is 1. The van der Waals surface area contributed by atoms with Crippen LogP contribution in [0.4, 0.5) is 10.5 Å². The summed E-state index contributed by atoms with van der Waals surface area (Å²) in [5.41, 5.74) is 0.696. The van der Waals surface area contributed by atoms with Gasteiger partial charge in [0, 0.05) is 18.8 Å². The maximum Gasteiger partial charge on any atom is 0.326 e. The first-order chi connectivity index (χ1) is 12.5. The first-order valence-electron chi connectivity index (χ1n) is 8.76. The van der Waals surface area contributed by atoms with Gasteiger partial charge in [0.15, 0.2) is 0 Å². The third-order valence-corrected chi connectivity index (χ3v) is 4.33. The molecule has 2 atom stereocenters. The molecule has 7 nitrogen and oxygen atoms in total. The average molecular weight is 359 g/mol. The van der Waals surface area contributed by atoms with Crippen LogP contribution in [0.15, 0.2) is 42.5 Å². The highest BCUT2D eigenvalue weighted by atomic mass is 16.4. The zero-order valence-electron chi connectivity index (χ0n) is 14.9. The molecule has 3 amide bonds. The fourth-order valence-electron chi connectivity index (χ4n) is 2.88. The highest BCUT2D eigenvalue weighted by Crippen LogP contribution is 2.18. The minimum atomic E-state index is -1.06. The van der Waals surface area contributed by atoms with Crippen molar-refractivity contribution in [1.29, 1.82) is 0 Å². The number of carboxylic acid groups (broad SMARTS) is 1. The van der Waals surface area contributed by atoms with Crippen LogP contribution in [0.5, 0.6) is 0 Å². The van der Waals surface area contributed by atoms with Gasteiger partial charge in [-0.2, -0.15) is 0 Å². The Morgan fingerprint density at radius 2 is 2.04 bits per heavy atom. The van der Waals surface area contributed by atoms with Crippen molar-refractivity contribution in [1.82, 2.24) is 10.2 Å². The quantitative estimate of drug-likeness (QED) is 0.680. The molecule has 1 aliphatic rings. The van der Waals surface area contributed by atoms with Crippen LogP contribution >= 0.6 is 0 Å². The lowest BCUT2D eigenvalue weighted by Gasteiger charge is -2.32. The molecule has 0 aromatic heterocycles. The number of carbonyl (C=O) groups is 3. The molecule has 0 aliphatic carbocycles. The van der Waals surface area contributed by atoms with Gasteiger partial charge in [-0.25, -0.2) is 9.59 Å². The van der Waals surface area contributed by atoms with Gasteiger partial charge in [-0.3, -0.25) is 4.79 Å². The number of allylic oxidation sites excluding steroid dienone is 1. The number of hydrogen-bond acceptors (Lipinski definition) is 3. The van der Waals surface area contributed by atoms with Crippen LogP contribution < -0.4 is 10.6 Å². The number of hydrogen-bond donors (Lipinski definition) is 3. The molecule has 2 unspecified atom stereocenters. The van der Waals surface area contributed by atoms with Gasteiger partial charge in [-0.1, -0.05) is 30.4 Å². The largest absolute Gasteiger partial charge is 0.480 e. The van der Waals surface area contributed by atoms with Gasteiger partial charge in [0.25, 0.3) is 0 Å². The van der Waals surface area contributed by atoms with Crippen LogP contribution in [0.1, 0.15) is 26.2 Å².